The van der Waals surface area contributed by atoms with E-state index < -0.39 is 5.97 Å². The quantitative estimate of drug-likeness (QED) is 0.345. The molecule has 0 aliphatic carbocycles. The van der Waals surface area contributed by atoms with Gasteiger partial charge in [0, 0.05) is 35.1 Å². The molecular formula is C27H28BrN3O4. The van der Waals surface area contributed by atoms with Crippen LogP contribution in [0.2, 0.25) is 0 Å². The number of aromatic nitrogens is 2. The number of likely N-dealkylation sites (tertiary alicyclic amines) is 1. The van der Waals surface area contributed by atoms with Crippen molar-refractivity contribution in [2.75, 3.05) is 13.7 Å². The standard InChI is InChI=1S/C27H28BrN3O4/c1-16(2)23-9-10-24(30-29-23)18-5-7-20(8-6-18)35-25-13-21(27(33)34-4)22(28)12-19(25)15-31-14-17(3)11-26(31)32/h5-10,12-13,16-17H,11,14-15H2,1-4H3/t17-/m0/s1. The lowest BCUT2D eigenvalue weighted by Crippen LogP contribution is -2.24. The van der Waals surface area contributed by atoms with Gasteiger partial charge in [-0.25, -0.2) is 4.79 Å². The van der Waals surface area contributed by atoms with Crippen LogP contribution in [-0.4, -0.2) is 40.6 Å². The largest absolute Gasteiger partial charge is 0.465 e. The van der Waals surface area contributed by atoms with Gasteiger partial charge in [-0.2, -0.15) is 10.2 Å². The van der Waals surface area contributed by atoms with Crippen LogP contribution >= 0.6 is 15.9 Å². The number of carbonyl (C=O) groups excluding carboxylic acids is 2. The third-order valence-corrected chi connectivity index (χ3v) is 6.64. The molecule has 35 heavy (non-hydrogen) atoms. The number of rotatable bonds is 7. The SMILES string of the molecule is COC(=O)c1cc(Oc2ccc(-c3ccc(C(C)C)nn3)cc2)c(CN2C[C@@H](C)CC2=O)cc1Br. The smallest absolute Gasteiger partial charge is 0.339 e. The Bertz CT molecular complexity index is 1230. The molecule has 2 aromatic carbocycles. The second-order valence-corrected chi connectivity index (χ2v) is 9.99. The first kappa shape index (κ1) is 24.9. The molecule has 0 saturated carbocycles. The Morgan fingerprint density at radius 3 is 2.46 bits per heavy atom. The molecule has 3 aromatic rings. The second kappa shape index (κ2) is 10.6. The van der Waals surface area contributed by atoms with E-state index in [4.69, 9.17) is 9.47 Å². The predicted octanol–water partition coefficient (Wildman–Crippen LogP) is 5.98. The average Bonchev–Trinajstić information content (AvgIpc) is 3.17. The zero-order valence-corrected chi connectivity index (χ0v) is 21.8. The molecule has 0 unspecified atom stereocenters. The van der Waals surface area contributed by atoms with E-state index >= 15 is 0 Å². The zero-order chi connectivity index (χ0) is 25.1. The number of halogens is 1. The van der Waals surface area contributed by atoms with Gasteiger partial charge in [-0.3, -0.25) is 4.79 Å². The van der Waals surface area contributed by atoms with Gasteiger partial charge in [-0.15, -0.1) is 0 Å². The lowest BCUT2D eigenvalue weighted by atomic mass is 10.1. The molecule has 1 fully saturated rings. The zero-order valence-electron chi connectivity index (χ0n) is 20.2. The summed E-state index contributed by atoms with van der Waals surface area (Å²) in [5.41, 5.74) is 3.79. The Kier molecular flexibility index (Phi) is 7.50. The molecule has 7 nitrogen and oxygen atoms in total. The molecule has 0 radical (unpaired) electrons. The molecular weight excluding hydrogens is 510 g/mol. The van der Waals surface area contributed by atoms with Crippen molar-refractivity contribution < 1.29 is 19.1 Å². The summed E-state index contributed by atoms with van der Waals surface area (Å²) in [5.74, 6) is 1.37. The van der Waals surface area contributed by atoms with Crippen LogP contribution in [0, 0.1) is 5.92 Å². The van der Waals surface area contributed by atoms with Crippen molar-refractivity contribution in [2.24, 2.45) is 5.92 Å². The van der Waals surface area contributed by atoms with Gasteiger partial charge in [-0.1, -0.05) is 20.8 Å². The highest BCUT2D eigenvalue weighted by atomic mass is 79.9. The number of carbonyl (C=O) groups is 2. The van der Waals surface area contributed by atoms with Crippen LogP contribution in [0.25, 0.3) is 11.3 Å². The van der Waals surface area contributed by atoms with Gasteiger partial charge >= 0.3 is 5.97 Å². The van der Waals surface area contributed by atoms with E-state index in [1.807, 2.05) is 47.4 Å². The third-order valence-electron chi connectivity index (χ3n) is 5.98. The Hall–Kier alpha value is -3.26. The summed E-state index contributed by atoms with van der Waals surface area (Å²) in [6, 6.07) is 14.9. The van der Waals surface area contributed by atoms with E-state index in [9.17, 15) is 9.59 Å². The van der Waals surface area contributed by atoms with Crippen molar-refractivity contribution in [3.05, 3.63) is 69.8 Å². The molecule has 1 atom stereocenters. The van der Waals surface area contributed by atoms with Crippen molar-refractivity contribution in [3.63, 3.8) is 0 Å². The van der Waals surface area contributed by atoms with E-state index in [0.29, 0.717) is 52.9 Å². The highest BCUT2D eigenvalue weighted by molar-refractivity contribution is 9.10. The minimum absolute atomic E-state index is 0.116. The first-order chi connectivity index (χ1) is 16.7. The van der Waals surface area contributed by atoms with Crippen LogP contribution in [0.4, 0.5) is 0 Å². The van der Waals surface area contributed by atoms with Gasteiger partial charge in [0.15, 0.2) is 0 Å². The van der Waals surface area contributed by atoms with Crippen LogP contribution in [0.1, 0.15) is 54.7 Å². The Morgan fingerprint density at radius 2 is 1.89 bits per heavy atom. The van der Waals surface area contributed by atoms with Crippen LogP contribution in [-0.2, 0) is 16.1 Å². The van der Waals surface area contributed by atoms with Gasteiger partial charge in [0.05, 0.1) is 24.1 Å². The highest BCUT2D eigenvalue weighted by Gasteiger charge is 2.28. The lowest BCUT2D eigenvalue weighted by molar-refractivity contribution is -0.128. The summed E-state index contributed by atoms with van der Waals surface area (Å²) in [6.07, 6.45) is 0.542. The van der Waals surface area contributed by atoms with E-state index in [2.05, 4.69) is 46.9 Å². The van der Waals surface area contributed by atoms with Crippen LogP contribution < -0.4 is 4.74 Å². The van der Waals surface area contributed by atoms with Gasteiger partial charge in [-0.05, 0) is 76.3 Å². The van der Waals surface area contributed by atoms with E-state index in [0.717, 1.165) is 22.5 Å². The monoisotopic (exact) mass is 537 g/mol. The number of ether oxygens (including phenoxy) is 2. The molecule has 0 bridgehead atoms. The molecule has 4 rings (SSSR count). The normalized spacial score (nSPS) is 15.5. The number of hydrogen-bond acceptors (Lipinski definition) is 6. The van der Waals surface area contributed by atoms with Gasteiger partial charge < -0.3 is 14.4 Å². The summed E-state index contributed by atoms with van der Waals surface area (Å²) >= 11 is 3.46. The fourth-order valence-electron chi connectivity index (χ4n) is 4.03. The summed E-state index contributed by atoms with van der Waals surface area (Å²) in [4.78, 5) is 26.5. The molecule has 1 aromatic heterocycles. The maximum absolute atomic E-state index is 12.4. The van der Waals surface area contributed by atoms with Crippen molar-refractivity contribution in [1.82, 2.24) is 15.1 Å². The number of amides is 1. The Labute approximate surface area is 213 Å². The molecule has 0 spiro atoms. The highest BCUT2D eigenvalue weighted by Crippen LogP contribution is 2.34. The maximum atomic E-state index is 12.4. The first-order valence-corrected chi connectivity index (χ1v) is 12.3. The van der Waals surface area contributed by atoms with Crippen LogP contribution in [0.3, 0.4) is 0 Å². The number of methoxy groups -OCH3 is 1. The average molecular weight is 538 g/mol. The van der Waals surface area contributed by atoms with E-state index in [1.165, 1.54) is 7.11 Å². The van der Waals surface area contributed by atoms with Crippen molar-refractivity contribution in [1.29, 1.82) is 0 Å². The molecule has 0 N–H and O–H groups in total. The van der Waals surface area contributed by atoms with Crippen molar-refractivity contribution in [3.8, 4) is 22.8 Å². The first-order valence-electron chi connectivity index (χ1n) is 11.6. The van der Waals surface area contributed by atoms with Crippen molar-refractivity contribution in [2.45, 2.75) is 39.7 Å². The molecule has 1 aliphatic heterocycles. The number of esters is 1. The number of hydrogen-bond donors (Lipinski definition) is 0. The Morgan fingerprint density at radius 1 is 1.14 bits per heavy atom. The molecule has 1 aliphatic rings. The summed E-state index contributed by atoms with van der Waals surface area (Å²) in [5, 5.41) is 8.63. The molecule has 8 heteroatoms. The summed E-state index contributed by atoms with van der Waals surface area (Å²) in [7, 11) is 1.34. The fraction of sp³-hybridized carbons (Fsp3) is 0.333. The Balaban J connectivity index is 1.61. The van der Waals surface area contributed by atoms with Crippen LogP contribution in [0.5, 0.6) is 11.5 Å². The van der Waals surface area contributed by atoms with E-state index in [1.54, 1.807) is 6.07 Å². The van der Waals surface area contributed by atoms with Crippen molar-refractivity contribution >= 4 is 27.8 Å². The minimum Gasteiger partial charge on any atom is -0.465 e. The van der Waals surface area contributed by atoms with Gasteiger partial charge in [0.1, 0.15) is 11.5 Å². The molecule has 1 amide bonds. The topological polar surface area (TPSA) is 81.6 Å². The third kappa shape index (κ3) is 5.70. The fourth-order valence-corrected chi connectivity index (χ4v) is 4.59. The maximum Gasteiger partial charge on any atom is 0.339 e. The van der Waals surface area contributed by atoms with Crippen LogP contribution in [0.15, 0.2) is 53.0 Å². The summed E-state index contributed by atoms with van der Waals surface area (Å²) < 4.78 is 11.7. The number of nitrogens with zero attached hydrogens (tertiary/aromatic N) is 3. The molecule has 182 valence electrons. The van der Waals surface area contributed by atoms with E-state index in [-0.39, 0.29) is 5.91 Å². The summed E-state index contributed by atoms with van der Waals surface area (Å²) in [6.45, 7) is 7.32. The van der Waals surface area contributed by atoms with Gasteiger partial charge in [0.25, 0.3) is 0 Å². The molecule has 2 heterocycles. The second-order valence-electron chi connectivity index (χ2n) is 9.14. The lowest BCUT2D eigenvalue weighted by Gasteiger charge is -2.20. The minimum atomic E-state index is -0.474. The number of benzene rings is 2. The van der Waals surface area contributed by atoms with Gasteiger partial charge in [0.2, 0.25) is 5.91 Å². The predicted molar refractivity (Wildman–Crippen MR) is 136 cm³/mol. The molecule has 1 saturated heterocycles.